The summed E-state index contributed by atoms with van der Waals surface area (Å²) in [7, 11) is 0. The van der Waals surface area contributed by atoms with Crippen LogP contribution in [0.25, 0.3) is 0 Å². The van der Waals surface area contributed by atoms with Crippen molar-refractivity contribution in [3.05, 3.63) is 28.8 Å². The molecule has 4 heteroatoms. The summed E-state index contributed by atoms with van der Waals surface area (Å²) in [6.07, 6.45) is 1.41. The molecule has 0 aliphatic carbocycles. The van der Waals surface area contributed by atoms with Crippen molar-refractivity contribution in [2.24, 2.45) is 5.92 Å². The number of hydrogen-bond acceptors (Lipinski definition) is 3. The van der Waals surface area contributed by atoms with Crippen LogP contribution in [0.2, 0.25) is 5.02 Å². The van der Waals surface area contributed by atoms with Gasteiger partial charge in [-0.2, -0.15) is 0 Å². The third kappa shape index (κ3) is 2.67. The average Bonchev–Trinajstić information content (AvgIpc) is 2.70. The highest BCUT2D eigenvalue weighted by Gasteiger charge is 2.20. The number of aliphatic hydroxyl groups is 1. The van der Waals surface area contributed by atoms with Gasteiger partial charge in [-0.05, 0) is 44.0 Å². The van der Waals surface area contributed by atoms with Crippen molar-refractivity contribution < 1.29 is 5.11 Å². The third-order valence-electron chi connectivity index (χ3n) is 3.13. The quantitative estimate of drug-likeness (QED) is 0.708. The smallest absolute Gasteiger partial charge is 0.0813 e. The maximum absolute atomic E-state index is 10.1. The topological polar surface area (TPSA) is 58.3 Å². The Morgan fingerprint density at radius 3 is 3.00 bits per heavy atom. The minimum atomic E-state index is -0.484. The average molecular weight is 241 g/mol. The molecule has 2 atom stereocenters. The lowest BCUT2D eigenvalue weighted by Gasteiger charge is -2.17. The van der Waals surface area contributed by atoms with Crippen LogP contribution in [0.15, 0.2) is 18.2 Å². The Labute approximate surface area is 101 Å². The Bertz CT molecular complexity index is 364. The number of anilines is 1. The van der Waals surface area contributed by atoms with Crippen molar-refractivity contribution in [2.75, 3.05) is 18.8 Å². The maximum atomic E-state index is 10.1. The fraction of sp³-hybridized carbons (Fsp3) is 0.500. The lowest BCUT2D eigenvalue weighted by molar-refractivity contribution is 0.148. The molecule has 1 aromatic rings. The van der Waals surface area contributed by atoms with Gasteiger partial charge in [0.25, 0.3) is 0 Å². The first-order valence-electron chi connectivity index (χ1n) is 5.60. The zero-order chi connectivity index (χ0) is 11.5. The third-order valence-corrected chi connectivity index (χ3v) is 3.36. The number of benzene rings is 1. The molecule has 1 aliphatic heterocycles. The fourth-order valence-electron chi connectivity index (χ4n) is 2.21. The highest BCUT2D eigenvalue weighted by atomic mass is 35.5. The van der Waals surface area contributed by atoms with Gasteiger partial charge in [-0.1, -0.05) is 17.7 Å². The van der Waals surface area contributed by atoms with Crippen LogP contribution in [-0.2, 0) is 0 Å². The molecule has 0 saturated carbocycles. The Hall–Kier alpha value is -0.770. The van der Waals surface area contributed by atoms with Crippen molar-refractivity contribution in [3.8, 4) is 0 Å². The van der Waals surface area contributed by atoms with E-state index in [1.165, 1.54) is 0 Å². The van der Waals surface area contributed by atoms with Crippen LogP contribution in [0.3, 0.4) is 0 Å². The molecule has 3 nitrogen and oxygen atoms in total. The molecule has 1 fully saturated rings. The standard InChI is InChI=1S/C12H17ClN2O/c13-9-1-2-10(11(14)6-9)12(16)5-8-3-4-15-7-8/h1-2,6,8,12,15-16H,3-5,7,14H2. The molecule has 88 valence electrons. The van der Waals surface area contributed by atoms with Gasteiger partial charge in [0.2, 0.25) is 0 Å². The van der Waals surface area contributed by atoms with Crippen molar-refractivity contribution >= 4 is 17.3 Å². The molecule has 0 aromatic heterocycles. The first-order chi connectivity index (χ1) is 7.66. The number of nitrogen functional groups attached to an aromatic ring is 1. The number of nitrogens with two attached hydrogens (primary N) is 1. The Morgan fingerprint density at radius 2 is 2.38 bits per heavy atom. The summed E-state index contributed by atoms with van der Waals surface area (Å²) in [5.41, 5.74) is 7.20. The molecule has 1 aliphatic rings. The molecule has 0 amide bonds. The first-order valence-corrected chi connectivity index (χ1v) is 5.98. The first kappa shape index (κ1) is 11.7. The van der Waals surface area contributed by atoms with Gasteiger partial charge in [-0.3, -0.25) is 0 Å². The van der Waals surface area contributed by atoms with Crippen LogP contribution in [0.4, 0.5) is 5.69 Å². The van der Waals surface area contributed by atoms with Crippen molar-refractivity contribution in [3.63, 3.8) is 0 Å². The van der Waals surface area contributed by atoms with E-state index in [1.54, 1.807) is 12.1 Å². The molecule has 2 rings (SSSR count). The van der Waals surface area contributed by atoms with Gasteiger partial charge in [0.15, 0.2) is 0 Å². The van der Waals surface area contributed by atoms with Crippen LogP contribution in [0, 0.1) is 5.92 Å². The lowest BCUT2D eigenvalue weighted by Crippen LogP contribution is -2.12. The summed E-state index contributed by atoms with van der Waals surface area (Å²) >= 11 is 5.82. The predicted molar refractivity (Wildman–Crippen MR) is 66.4 cm³/mol. The van der Waals surface area contributed by atoms with Gasteiger partial charge in [-0.15, -0.1) is 0 Å². The van der Waals surface area contributed by atoms with Crippen molar-refractivity contribution in [2.45, 2.75) is 18.9 Å². The van der Waals surface area contributed by atoms with E-state index in [0.29, 0.717) is 16.6 Å². The minimum Gasteiger partial charge on any atom is -0.398 e. The molecule has 0 radical (unpaired) electrons. The molecule has 1 saturated heterocycles. The van der Waals surface area contributed by atoms with E-state index < -0.39 is 6.10 Å². The van der Waals surface area contributed by atoms with E-state index in [9.17, 15) is 5.11 Å². The zero-order valence-corrected chi connectivity index (χ0v) is 9.87. The predicted octanol–water partition coefficient (Wildman–Crippen LogP) is 1.96. The highest BCUT2D eigenvalue weighted by Crippen LogP contribution is 2.29. The highest BCUT2D eigenvalue weighted by molar-refractivity contribution is 6.30. The van der Waals surface area contributed by atoms with E-state index in [-0.39, 0.29) is 0 Å². The number of hydrogen-bond donors (Lipinski definition) is 3. The van der Waals surface area contributed by atoms with E-state index in [1.807, 2.05) is 6.07 Å². The number of aliphatic hydroxyl groups excluding tert-OH is 1. The molecular weight excluding hydrogens is 224 g/mol. The molecule has 0 bridgehead atoms. The monoisotopic (exact) mass is 240 g/mol. The van der Waals surface area contributed by atoms with Crippen molar-refractivity contribution in [1.29, 1.82) is 0 Å². The number of halogens is 1. The van der Waals surface area contributed by atoms with Crippen LogP contribution in [0.1, 0.15) is 24.5 Å². The summed E-state index contributed by atoms with van der Waals surface area (Å²) in [4.78, 5) is 0. The molecule has 0 spiro atoms. The molecular formula is C12H17ClN2O. The summed E-state index contributed by atoms with van der Waals surface area (Å²) in [5, 5.41) is 14.0. The Morgan fingerprint density at radius 1 is 1.56 bits per heavy atom. The van der Waals surface area contributed by atoms with Crippen LogP contribution in [0.5, 0.6) is 0 Å². The van der Waals surface area contributed by atoms with Crippen LogP contribution >= 0.6 is 11.6 Å². The van der Waals surface area contributed by atoms with E-state index >= 15 is 0 Å². The molecule has 2 unspecified atom stereocenters. The maximum Gasteiger partial charge on any atom is 0.0813 e. The minimum absolute atomic E-state index is 0.484. The molecule has 4 N–H and O–H groups in total. The van der Waals surface area contributed by atoms with E-state index in [0.717, 1.165) is 31.5 Å². The number of rotatable bonds is 3. The van der Waals surface area contributed by atoms with Crippen molar-refractivity contribution in [1.82, 2.24) is 5.32 Å². The second kappa shape index (κ2) is 5.04. The summed E-state index contributed by atoms with van der Waals surface area (Å²) in [5.74, 6) is 0.546. The molecule has 1 aromatic carbocycles. The number of nitrogens with one attached hydrogen (secondary N) is 1. The summed E-state index contributed by atoms with van der Waals surface area (Å²) < 4.78 is 0. The second-order valence-electron chi connectivity index (χ2n) is 4.38. The van der Waals surface area contributed by atoms with Gasteiger partial charge in [0, 0.05) is 16.3 Å². The normalized spacial score (nSPS) is 22.2. The summed E-state index contributed by atoms with van der Waals surface area (Å²) in [6.45, 7) is 2.04. The van der Waals surface area contributed by atoms with Gasteiger partial charge in [-0.25, -0.2) is 0 Å². The fourth-order valence-corrected chi connectivity index (χ4v) is 2.39. The van der Waals surface area contributed by atoms with Crippen LogP contribution in [-0.4, -0.2) is 18.2 Å². The zero-order valence-electron chi connectivity index (χ0n) is 9.12. The van der Waals surface area contributed by atoms with Gasteiger partial charge < -0.3 is 16.2 Å². The Balaban J connectivity index is 2.04. The van der Waals surface area contributed by atoms with Gasteiger partial charge in [0.1, 0.15) is 0 Å². The molecule has 16 heavy (non-hydrogen) atoms. The SMILES string of the molecule is Nc1cc(Cl)ccc1C(O)CC1CCNC1. The summed E-state index contributed by atoms with van der Waals surface area (Å²) in [6, 6.07) is 5.26. The largest absolute Gasteiger partial charge is 0.398 e. The van der Waals surface area contributed by atoms with E-state index in [2.05, 4.69) is 5.32 Å². The molecule has 1 heterocycles. The van der Waals surface area contributed by atoms with Crippen LogP contribution < -0.4 is 11.1 Å². The second-order valence-corrected chi connectivity index (χ2v) is 4.82. The van der Waals surface area contributed by atoms with Gasteiger partial charge >= 0.3 is 0 Å². The lowest BCUT2D eigenvalue weighted by atomic mass is 9.95. The van der Waals surface area contributed by atoms with Gasteiger partial charge in [0.05, 0.1) is 6.10 Å². The van der Waals surface area contributed by atoms with E-state index in [4.69, 9.17) is 17.3 Å². The Kier molecular flexibility index (Phi) is 3.69.